The van der Waals surface area contributed by atoms with Crippen LogP contribution in [0.1, 0.15) is 58.3 Å². The van der Waals surface area contributed by atoms with E-state index in [1.807, 2.05) is 6.92 Å². The van der Waals surface area contributed by atoms with E-state index in [0.29, 0.717) is 6.61 Å². The summed E-state index contributed by atoms with van der Waals surface area (Å²) in [6.07, 6.45) is 6.31. The van der Waals surface area contributed by atoms with Crippen molar-refractivity contribution in [3.05, 3.63) is 0 Å². The van der Waals surface area contributed by atoms with Crippen LogP contribution in [-0.2, 0) is 9.53 Å². The molecule has 2 amide bonds. The Morgan fingerprint density at radius 2 is 1.81 bits per heavy atom. The number of carbonyl (C=O) groups is 2. The van der Waals surface area contributed by atoms with E-state index >= 15 is 0 Å². The standard InChI is InChI=1S/C15H26N2O4/c1-14(6-5-9-21-11-14)16-13(20)17-15(10-12(18)19)7-3-2-4-8-15/h2-11H2,1H3,(H,18,19)(H2,16,17,20). The van der Waals surface area contributed by atoms with E-state index in [0.717, 1.165) is 51.6 Å². The molecule has 1 aliphatic carbocycles. The number of rotatable bonds is 4. The Kier molecular flexibility index (Phi) is 5.08. The Balaban J connectivity index is 1.95. The van der Waals surface area contributed by atoms with Gasteiger partial charge in [-0.05, 0) is 32.6 Å². The van der Waals surface area contributed by atoms with Crippen LogP contribution in [0, 0.1) is 0 Å². The van der Waals surface area contributed by atoms with Crippen molar-refractivity contribution in [1.29, 1.82) is 0 Å². The van der Waals surface area contributed by atoms with E-state index in [1.54, 1.807) is 0 Å². The van der Waals surface area contributed by atoms with Gasteiger partial charge in [0.25, 0.3) is 0 Å². The summed E-state index contributed by atoms with van der Waals surface area (Å²) in [7, 11) is 0. The van der Waals surface area contributed by atoms with E-state index < -0.39 is 11.5 Å². The molecule has 1 heterocycles. The normalized spacial score (nSPS) is 28.6. The molecule has 120 valence electrons. The van der Waals surface area contributed by atoms with Gasteiger partial charge in [-0.2, -0.15) is 0 Å². The predicted octanol–water partition coefficient (Wildman–Crippen LogP) is 2.03. The van der Waals surface area contributed by atoms with Crippen LogP contribution in [0.4, 0.5) is 4.79 Å². The van der Waals surface area contributed by atoms with Gasteiger partial charge in [0.1, 0.15) is 0 Å². The lowest BCUT2D eigenvalue weighted by atomic mass is 9.79. The van der Waals surface area contributed by atoms with Crippen molar-refractivity contribution in [3.8, 4) is 0 Å². The number of hydrogen-bond acceptors (Lipinski definition) is 3. The number of nitrogens with one attached hydrogen (secondary N) is 2. The van der Waals surface area contributed by atoms with E-state index in [-0.39, 0.29) is 18.0 Å². The molecule has 2 aliphatic rings. The van der Waals surface area contributed by atoms with Gasteiger partial charge in [-0.15, -0.1) is 0 Å². The molecule has 1 unspecified atom stereocenters. The third-order valence-corrected chi connectivity index (χ3v) is 4.53. The topological polar surface area (TPSA) is 87.7 Å². The highest BCUT2D eigenvalue weighted by molar-refractivity contribution is 5.77. The zero-order valence-electron chi connectivity index (χ0n) is 12.7. The van der Waals surface area contributed by atoms with Gasteiger partial charge in [0.15, 0.2) is 0 Å². The monoisotopic (exact) mass is 298 g/mol. The van der Waals surface area contributed by atoms with Crippen molar-refractivity contribution in [3.63, 3.8) is 0 Å². The first kappa shape index (κ1) is 16.1. The van der Waals surface area contributed by atoms with Gasteiger partial charge in [0.2, 0.25) is 0 Å². The van der Waals surface area contributed by atoms with Gasteiger partial charge in [0, 0.05) is 6.61 Å². The van der Waals surface area contributed by atoms with Crippen molar-refractivity contribution < 1.29 is 19.4 Å². The maximum absolute atomic E-state index is 12.3. The van der Waals surface area contributed by atoms with Crippen molar-refractivity contribution in [1.82, 2.24) is 10.6 Å². The Morgan fingerprint density at radius 3 is 2.38 bits per heavy atom. The minimum atomic E-state index is -0.857. The largest absolute Gasteiger partial charge is 0.481 e. The zero-order valence-corrected chi connectivity index (χ0v) is 12.7. The summed E-state index contributed by atoms with van der Waals surface area (Å²) in [5.74, 6) is -0.857. The highest BCUT2D eigenvalue weighted by Crippen LogP contribution is 2.31. The molecule has 0 bridgehead atoms. The van der Waals surface area contributed by atoms with E-state index in [2.05, 4.69) is 10.6 Å². The van der Waals surface area contributed by atoms with Crippen molar-refractivity contribution in [2.24, 2.45) is 0 Å². The van der Waals surface area contributed by atoms with Gasteiger partial charge in [-0.3, -0.25) is 4.79 Å². The van der Waals surface area contributed by atoms with Crippen LogP contribution >= 0.6 is 0 Å². The highest BCUT2D eigenvalue weighted by Gasteiger charge is 2.37. The average Bonchev–Trinajstić information content (AvgIpc) is 2.38. The van der Waals surface area contributed by atoms with Crippen LogP contribution in [-0.4, -0.2) is 41.4 Å². The number of carboxylic acids is 1. The van der Waals surface area contributed by atoms with Crippen LogP contribution in [0.25, 0.3) is 0 Å². The second-order valence-electron chi connectivity index (χ2n) is 6.71. The first-order valence-corrected chi connectivity index (χ1v) is 7.83. The zero-order chi connectivity index (χ0) is 15.3. The maximum atomic E-state index is 12.3. The Bertz CT molecular complexity index is 385. The number of carbonyl (C=O) groups excluding carboxylic acids is 1. The average molecular weight is 298 g/mol. The van der Waals surface area contributed by atoms with Crippen LogP contribution < -0.4 is 10.6 Å². The lowest BCUT2D eigenvalue weighted by molar-refractivity contribution is -0.139. The number of ether oxygens (including phenoxy) is 1. The Morgan fingerprint density at radius 1 is 1.10 bits per heavy atom. The predicted molar refractivity (Wildman–Crippen MR) is 78.2 cm³/mol. The number of amides is 2. The summed E-state index contributed by atoms with van der Waals surface area (Å²) >= 11 is 0. The number of aliphatic carboxylic acids is 1. The molecule has 3 N–H and O–H groups in total. The second kappa shape index (κ2) is 6.64. The van der Waals surface area contributed by atoms with Gasteiger partial charge in [0.05, 0.1) is 24.1 Å². The Hall–Kier alpha value is -1.30. The van der Waals surface area contributed by atoms with Gasteiger partial charge in [-0.25, -0.2) is 4.79 Å². The quantitative estimate of drug-likeness (QED) is 0.741. The molecular formula is C15H26N2O4. The van der Waals surface area contributed by atoms with E-state index in [4.69, 9.17) is 9.84 Å². The molecule has 1 atom stereocenters. The molecule has 0 spiro atoms. The fourth-order valence-electron chi connectivity index (χ4n) is 3.44. The fourth-order valence-corrected chi connectivity index (χ4v) is 3.44. The second-order valence-corrected chi connectivity index (χ2v) is 6.71. The van der Waals surface area contributed by atoms with Gasteiger partial charge < -0.3 is 20.5 Å². The Labute approximate surface area is 125 Å². The molecule has 21 heavy (non-hydrogen) atoms. The SMILES string of the molecule is CC1(NC(=O)NC2(CC(=O)O)CCCCC2)CCCOC1. The fraction of sp³-hybridized carbons (Fsp3) is 0.867. The summed E-state index contributed by atoms with van der Waals surface area (Å²) in [5, 5.41) is 15.0. The molecule has 1 saturated heterocycles. The van der Waals surface area contributed by atoms with Gasteiger partial charge in [-0.1, -0.05) is 19.3 Å². The maximum Gasteiger partial charge on any atom is 0.315 e. The number of hydrogen-bond donors (Lipinski definition) is 3. The molecule has 1 aliphatic heterocycles. The van der Waals surface area contributed by atoms with Crippen LogP contribution in [0.5, 0.6) is 0 Å². The number of urea groups is 1. The molecule has 6 heteroatoms. The molecule has 0 radical (unpaired) electrons. The van der Waals surface area contributed by atoms with Crippen LogP contribution in [0.3, 0.4) is 0 Å². The summed E-state index contributed by atoms with van der Waals surface area (Å²) in [6, 6.07) is -0.272. The first-order valence-electron chi connectivity index (χ1n) is 7.83. The molecule has 6 nitrogen and oxygen atoms in total. The third kappa shape index (κ3) is 4.59. The summed E-state index contributed by atoms with van der Waals surface area (Å²) in [5.41, 5.74) is -0.957. The van der Waals surface area contributed by atoms with Crippen LogP contribution in [0.2, 0.25) is 0 Å². The van der Waals surface area contributed by atoms with Gasteiger partial charge >= 0.3 is 12.0 Å². The van der Waals surface area contributed by atoms with E-state index in [9.17, 15) is 9.59 Å². The lowest BCUT2D eigenvalue weighted by Crippen LogP contribution is -2.60. The third-order valence-electron chi connectivity index (χ3n) is 4.53. The van der Waals surface area contributed by atoms with Crippen molar-refractivity contribution in [2.45, 2.75) is 69.4 Å². The van der Waals surface area contributed by atoms with Crippen molar-refractivity contribution in [2.75, 3.05) is 13.2 Å². The lowest BCUT2D eigenvalue weighted by Gasteiger charge is -2.39. The summed E-state index contributed by atoms with van der Waals surface area (Å²) in [6.45, 7) is 3.21. The minimum absolute atomic E-state index is 0.00632. The molecule has 0 aromatic carbocycles. The molecule has 2 fully saturated rings. The molecule has 2 rings (SSSR count). The van der Waals surface area contributed by atoms with Crippen LogP contribution in [0.15, 0.2) is 0 Å². The minimum Gasteiger partial charge on any atom is -0.481 e. The van der Waals surface area contributed by atoms with E-state index in [1.165, 1.54) is 0 Å². The molecule has 1 saturated carbocycles. The summed E-state index contributed by atoms with van der Waals surface area (Å²) in [4.78, 5) is 23.4. The molecular weight excluding hydrogens is 272 g/mol. The highest BCUT2D eigenvalue weighted by atomic mass is 16.5. The summed E-state index contributed by atoms with van der Waals surface area (Å²) < 4.78 is 5.43. The molecule has 0 aromatic heterocycles. The van der Waals surface area contributed by atoms with Crippen molar-refractivity contribution >= 4 is 12.0 Å². The molecule has 0 aromatic rings. The number of carboxylic acid groups (broad SMARTS) is 1. The smallest absolute Gasteiger partial charge is 0.315 e. The first-order chi connectivity index (χ1) is 9.93.